The maximum Gasteiger partial charge on any atom is 0.348 e. The first-order chi connectivity index (χ1) is 15.3. The van der Waals surface area contributed by atoms with E-state index in [4.69, 9.17) is 9.72 Å². The van der Waals surface area contributed by atoms with Gasteiger partial charge in [0.2, 0.25) is 0 Å². The molecule has 32 heavy (non-hydrogen) atoms. The van der Waals surface area contributed by atoms with Gasteiger partial charge in [-0.15, -0.1) is 0 Å². The summed E-state index contributed by atoms with van der Waals surface area (Å²) in [7, 11) is 0. The van der Waals surface area contributed by atoms with Crippen molar-refractivity contribution in [2.24, 2.45) is 17.8 Å². The average molecular weight is 438 g/mol. The van der Waals surface area contributed by atoms with Crippen LogP contribution in [0.5, 0.6) is 5.75 Å². The standard InChI is InChI=1S/C27H39N3O2/c1-18(2)16-20(5)24(19(3)4)26-28-25(29-27(31)30-26)22-12-14-23(15-13-22)32-17-21-10-8-6-7-9-11-21/h12-15,18-19,21H,6-11,16-17H2,1-5H3,(H,28,29,30,31)/b24-20+. The van der Waals surface area contributed by atoms with Gasteiger partial charge in [0.05, 0.1) is 6.61 Å². The van der Waals surface area contributed by atoms with Crippen molar-refractivity contribution in [3.63, 3.8) is 0 Å². The summed E-state index contributed by atoms with van der Waals surface area (Å²) in [4.78, 5) is 24.1. The van der Waals surface area contributed by atoms with Gasteiger partial charge < -0.3 is 4.74 Å². The predicted octanol–water partition coefficient (Wildman–Crippen LogP) is 6.66. The van der Waals surface area contributed by atoms with Crippen LogP contribution in [0.4, 0.5) is 0 Å². The molecule has 0 spiro atoms. The zero-order valence-electron chi connectivity index (χ0n) is 20.4. The molecular weight excluding hydrogens is 398 g/mol. The summed E-state index contributed by atoms with van der Waals surface area (Å²) in [6, 6.07) is 7.81. The third-order valence-electron chi connectivity index (χ3n) is 6.23. The first kappa shape index (κ1) is 24.2. The maximum atomic E-state index is 12.4. The Hall–Kier alpha value is -2.43. The minimum atomic E-state index is -0.366. The van der Waals surface area contributed by atoms with Crippen molar-refractivity contribution in [3.05, 3.63) is 46.1 Å². The molecule has 1 aromatic heterocycles. The number of nitrogens with zero attached hydrogens (tertiary/aromatic N) is 2. The average Bonchev–Trinajstić information content (AvgIpc) is 3.00. The fourth-order valence-corrected chi connectivity index (χ4v) is 4.78. The molecular formula is C27H39N3O2. The van der Waals surface area contributed by atoms with Gasteiger partial charge in [-0.05, 0) is 73.8 Å². The van der Waals surface area contributed by atoms with Crippen LogP contribution in [0.3, 0.4) is 0 Å². The molecule has 0 atom stereocenters. The third kappa shape index (κ3) is 6.78. The molecule has 1 aromatic carbocycles. The van der Waals surface area contributed by atoms with Gasteiger partial charge >= 0.3 is 5.69 Å². The smallest absolute Gasteiger partial charge is 0.348 e. The summed E-state index contributed by atoms with van der Waals surface area (Å²) < 4.78 is 6.06. The largest absolute Gasteiger partial charge is 0.493 e. The molecule has 5 nitrogen and oxygen atoms in total. The lowest BCUT2D eigenvalue weighted by atomic mass is 9.92. The molecule has 0 amide bonds. The molecule has 1 fully saturated rings. The van der Waals surface area contributed by atoms with Crippen molar-refractivity contribution < 1.29 is 4.74 Å². The molecule has 0 unspecified atom stereocenters. The van der Waals surface area contributed by atoms with Crippen LogP contribution in [0.15, 0.2) is 34.6 Å². The zero-order chi connectivity index (χ0) is 23.1. The van der Waals surface area contributed by atoms with Crippen LogP contribution in [0, 0.1) is 17.8 Å². The van der Waals surface area contributed by atoms with Gasteiger partial charge in [0.25, 0.3) is 0 Å². The van der Waals surface area contributed by atoms with Gasteiger partial charge in [-0.3, -0.25) is 4.98 Å². The van der Waals surface area contributed by atoms with E-state index in [-0.39, 0.29) is 11.6 Å². The normalized spacial score (nSPS) is 16.2. The first-order valence-corrected chi connectivity index (χ1v) is 12.2. The van der Waals surface area contributed by atoms with Crippen LogP contribution in [-0.4, -0.2) is 21.6 Å². The lowest BCUT2D eigenvalue weighted by Crippen LogP contribution is -2.18. The number of aromatic amines is 1. The topological polar surface area (TPSA) is 67.9 Å². The minimum absolute atomic E-state index is 0.256. The predicted molar refractivity (Wildman–Crippen MR) is 132 cm³/mol. The van der Waals surface area contributed by atoms with E-state index in [2.05, 4.69) is 44.6 Å². The number of allylic oxidation sites excluding steroid dienone is 2. The van der Waals surface area contributed by atoms with Gasteiger partial charge in [0, 0.05) is 5.56 Å². The van der Waals surface area contributed by atoms with Gasteiger partial charge in [0.15, 0.2) is 5.82 Å². The van der Waals surface area contributed by atoms with Gasteiger partial charge in [-0.1, -0.05) is 59.0 Å². The molecule has 1 aliphatic rings. The first-order valence-electron chi connectivity index (χ1n) is 12.2. The maximum absolute atomic E-state index is 12.4. The number of ether oxygens (including phenoxy) is 1. The lowest BCUT2D eigenvalue weighted by Gasteiger charge is -2.17. The molecule has 1 saturated carbocycles. The Bertz CT molecular complexity index is 950. The second-order valence-corrected chi connectivity index (χ2v) is 9.97. The monoisotopic (exact) mass is 437 g/mol. The van der Waals surface area contributed by atoms with Crippen molar-refractivity contribution in [1.82, 2.24) is 15.0 Å². The number of nitrogens with one attached hydrogen (secondary N) is 1. The second kappa shape index (κ2) is 11.4. The summed E-state index contributed by atoms with van der Waals surface area (Å²) >= 11 is 0. The SMILES string of the molecule is C/C(CC(C)C)=C(\c1nc(-c2ccc(OCC3CCCCCC3)cc2)nc(=O)[nH]1)C(C)C. The highest BCUT2D eigenvalue weighted by Gasteiger charge is 2.17. The van der Waals surface area contributed by atoms with E-state index in [1.165, 1.54) is 44.1 Å². The quantitative estimate of drug-likeness (QED) is 0.469. The number of aromatic nitrogens is 3. The van der Waals surface area contributed by atoms with E-state index in [0.717, 1.165) is 29.9 Å². The summed E-state index contributed by atoms with van der Waals surface area (Å²) in [6.45, 7) is 11.6. The Labute approximate surface area is 192 Å². The Kier molecular flexibility index (Phi) is 8.66. The number of H-pyrrole nitrogens is 1. The Morgan fingerprint density at radius 2 is 1.69 bits per heavy atom. The fraction of sp³-hybridized carbons (Fsp3) is 0.593. The highest BCUT2D eigenvalue weighted by Crippen LogP contribution is 2.29. The molecule has 1 N–H and O–H groups in total. The number of hydrogen-bond acceptors (Lipinski definition) is 4. The minimum Gasteiger partial charge on any atom is -0.493 e. The molecule has 3 rings (SSSR count). The lowest BCUT2D eigenvalue weighted by molar-refractivity contribution is 0.234. The molecule has 174 valence electrons. The van der Waals surface area contributed by atoms with E-state index in [9.17, 15) is 4.79 Å². The highest BCUT2D eigenvalue weighted by molar-refractivity contribution is 5.66. The van der Waals surface area contributed by atoms with E-state index in [1.807, 2.05) is 24.3 Å². The van der Waals surface area contributed by atoms with Crippen LogP contribution in [0.25, 0.3) is 17.0 Å². The fourth-order valence-electron chi connectivity index (χ4n) is 4.78. The molecule has 0 saturated heterocycles. The van der Waals surface area contributed by atoms with Gasteiger partial charge in [-0.25, -0.2) is 9.78 Å². The molecule has 2 aromatic rings. The Morgan fingerprint density at radius 1 is 1.03 bits per heavy atom. The molecule has 1 heterocycles. The van der Waals surface area contributed by atoms with Crippen molar-refractivity contribution >= 4 is 5.57 Å². The Morgan fingerprint density at radius 3 is 2.28 bits per heavy atom. The van der Waals surface area contributed by atoms with Crippen LogP contribution in [-0.2, 0) is 0 Å². The van der Waals surface area contributed by atoms with Gasteiger partial charge in [-0.2, -0.15) is 4.98 Å². The zero-order valence-corrected chi connectivity index (χ0v) is 20.4. The van der Waals surface area contributed by atoms with Crippen molar-refractivity contribution in [2.45, 2.75) is 79.6 Å². The van der Waals surface area contributed by atoms with Crippen LogP contribution < -0.4 is 10.4 Å². The highest BCUT2D eigenvalue weighted by atomic mass is 16.5. The van der Waals surface area contributed by atoms with E-state index < -0.39 is 0 Å². The van der Waals surface area contributed by atoms with E-state index in [0.29, 0.717) is 23.5 Å². The third-order valence-corrected chi connectivity index (χ3v) is 6.23. The summed E-state index contributed by atoms with van der Waals surface area (Å²) in [5.74, 6) is 3.40. The number of benzene rings is 1. The Balaban J connectivity index is 1.79. The van der Waals surface area contributed by atoms with E-state index in [1.54, 1.807) is 0 Å². The van der Waals surface area contributed by atoms with Gasteiger partial charge in [0.1, 0.15) is 11.6 Å². The molecule has 1 aliphatic carbocycles. The molecule has 0 radical (unpaired) electrons. The summed E-state index contributed by atoms with van der Waals surface area (Å²) in [5.41, 5.74) is 2.82. The van der Waals surface area contributed by atoms with Crippen LogP contribution in [0.1, 0.15) is 85.4 Å². The van der Waals surface area contributed by atoms with Crippen LogP contribution >= 0.6 is 0 Å². The van der Waals surface area contributed by atoms with Crippen molar-refractivity contribution in [2.75, 3.05) is 6.61 Å². The van der Waals surface area contributed by atoms with E-state index >= 15 is 0 Å². The van der Waals surface area contributed by atoms with Crippen molar-refractivity contribution in [3.8, 4) is 17.1 Å². The second-order valence-electron chi connectivity index (χ2n) is 9.97. The van der Waals surface area contributed by atoms with Crippen LogP contribution in [0.2, 0.25) is 0 Å². The van der Waals surface area contributed by atoms with Crippen molar-refractivity contribution in [1.29, 1.82) is 0 Å². The molecule has 5 heteroatoms. The number of hydrogen-bond donors (Lipinski definition) is 1. The summed E-state index contributed by atoms with van der Waals surface area (Å²) in [5, 5.41) is 0. The number of rotatable bonds is 8. The summed E-state index contributed by atoms with van der Waals surface area (Å²) in [6.07, 6.45) is 8.86. The molecule has 0 bridgehead atoms. The molecule has 0 aliphatic heterocycles.